The molecule has 0 heterocycles. The smallest absolute Gasteiger partial charge is 0.225 e. The fraction of sp³-hybridized carbons (Fsp3) is 0.929. The lowest BCUT2D eigenvalue weighted by Crippen LogP contribution is -2.25. The molecule has 2 heteroatoms. The molecule has 0 N–H and O–H groups in total. The van der Waals surface area contributed by atoms with Gasteiger partial charge in [-0.2, -0.15) is 0 Å². The maximum Gasteiger partial charge on any atom is 0.225 e. The second-order valence-electron chi connectivity index (χ2n) is 6.38. The number of hydrogen-bond acceptors (Lipinski definition) is 1. The van der Waals surface area contributed by atoms with E-state index in [9.17, 15) is 4.79 Å². The van der Waals surface area contributed by atoms with Gasteiger partial charge in [-0.1, -0.05) is 27.2 Å². The van der Waals surface area contributed by atoms with Crippen molar-refractivity contribution < 1.29 is 4.79 Å². The summed E-state index contributed by atoms with van der Waals surface area (Å²) in [6.07, 6.45) is 2.65. The lowest BCUT2D eigenvalue weighted by molar-refractivity contribution is -0.130. The van der Waals surface area contributed by atoms with Crippen molar-refractivity contribution in [3.05, 3.63) is 0 Å². The van der Waals surface area contributed by atoms with Gasteiger partial charge < -0.3 is 4.90 Å². The summed E-state index contributed by atoms with van der Waals surface area (Å²) in [6.45, 7) is 6.96. The van der Waals surface area contributed by atoms with Gasteiger partial charge in [0.15, 0.2) is 0 Å². The maximum absolute atomic E-state index is 12.1. The predicted molar refractivity (Wildman–Crippen MR) is 65.9 cm³/mol. The predicted octanol–water partition coefficient (Wildman–Crippen LogP) is 2.64. The van der Waals surface area contributed by atoms with E-state index in [0.29, 0.717) is 23.7 Å². The van der Waals surface area contributed by atoms with E-state index in [1.54, 1.807) is 4.90 Å². The number of carbonyl (C=O) groups is 1. The molecule has 5 atom stereocenters. The third-order valence-corrected chi connectivity index (χ3v) is 4.82. The molecule has 2 fully saturated rings. The fourth-order valence-corrected chi connectivity index (χ4v) is 3.89. The zero-order valence-electron chi connectivity index (χ0n) is 11.2. The van der Waals surface area contributed by atoms with Crippen LogP contribution >= 0.6 is 0 Å². The van der Waals surface area contributed by atoms with E-state index >= 15 is 0 Å². The van der Waals surface area contributed by atoms with Gasteiger partial charge in [-0.25, -0.2) is 0 Å². The summed E-state index contributed by atoms with van der Waals surface area (Å²) in [5.74, 6) is 4.38. The Kier molecular flexibility index (Phi) is 3.02. The van der Waals surface area contributed by atoms with E-state index in [1.807, 2.05) is 14.1 Å². The van der Waals surface area contributed by atoms with Gasteiger partial charge in [-0.05, 0) is 36.0 Å². The molecule has 0 aromatic heterocycles. The van der Waals surface area contributed by atoms with E-state index < -0.39 is 0 Å². The third-order valence-electron chi connectivity index (χ3n) is 4.82. The molecule has 2 saturated carbocycles. The minimum atomic E-state index is 0.347. The van der Waals surface area contributed by atoms with Crippen LogP contribution in [0.25, 0.3) is 0 Å². The minimum Gasteiger partial charge on any atom is -0.349 e. The van der Waals surface area contributed by atoms with Crippen molar-refractivity contribution in [2.45, 2.75) is 33.6 Å². The quantitative estimate of drug-likeness (QED) is 0.705. The molecule has 92 valence electrons. The molecule has 2 aliphatic carbocycles. The molecular weight excluding hydrogens is 198 g/mol. The van der Waals surface area contributed by atoms with Crippen LogP contribution in [0.3, 0.4) is 0 Å². The summed E-state index contributed by atoms with van der Waals surface area (Å²) in [7, 11) is 3.78. The first kappa shape index (κ1) is 11.9. The number of amides is 1. The fourth-order valence-electron chi connectivity index (χ4n) is 3.89. The molecule has 2 nitrogen and oxygen atoms in total. The van der Waals surface area contributed by atoms with Crippen molar-refractivity contribution in [1.29, 1.82) is 0 Å². The van der Waals surface area contributed by atoms with Crippen molar-refractivity contribution in [2.24, 2.45) is 35.5 Å². The monoisotopic (exact) mass is 223 g/mol. The Hall–Kier alpha value is -0.530. The zero-order chi connectivity index (χ0) is 12.0. The van der Waals surface area contributed by atoms with E-state index in [-0.39, 0.29) is 0 Å². The van der Waals surface area contributed by atoms with Gasteiger partial charge in [0, 0.05) is 20.0 Å². The van der Waals surface area contributed by atoms with Gasteiger partial charge in [0.05, 0.1) is 0 Å². The van der Waals surface area contributed by atoms with Crippen molar-refractivity contribution in [1.82, 2.24) is 4.90 Å². The van der Waals surface area contributed by atoms with Crippen LogP contribution in [0, 0.1) is 35.5 Å². The van der Waals surface area contributed by atoms with Crippen molar-refractivity contribution in [3.8, 4) is 0 Å². The Balaban J connectivity index is 2.11. The maximum atomic E-state index is 12.1. The van der Waals surface area contributed by atoms with Gasteiger partial charge in [-0.3, -0.25) is 4.79 Å². The summed E-state index contributed by atoms with van der Waals surface area (Å²) in [5, 5.41) is 0. The largest absolute Gasteiger partial charge is 0.349 e. The van der Waals surface area contributed by atoms with Crippen LogP contribution in [0.2, 0.25) is 0 Å². The van der Waals surface area contributed by atoms with Crippen LogP contribution in [0.1, 0.15) is 33.6 Å². The summed E-state index contributed by atoms with van der Waals surface area (Å²) >= 11 is 0. The Bertz CT molecular complexity index is 284. The Morgan fingerprint density at radius 1 is 1.19 bits per heavy atom. The van der Waals surface area contributed by atoms with E-state index in [0.717, 1.165) is 17.8 Å². The number of fused-ring (bicyclic) bond motifs is 1. The Morgan fingerprint density at radius 2 is 1.81 bits per heavy atom. The summed E-state index contributed by atoms with van der Waals surface area (Å²) in [6, 6.07) is 0. The molecule has 0 aromatic carbocycles. The van der Waals surface area contributed by atoms with Crippen LogP contribution in [0.5, 0.6) is 0 Å². The number of hydrogen-bond donors (Lipinski definition) is 0. The molecule has 0 aromatic rings. The SMILES string of the molecule is CC(C)[C@@H]1CC[C@@H](C)[C@H]2[C@H](C(=O)N(C)C)[C@H]21. The van der Waals surface area contributed by atoms with Gasteiger partial charge in [-0.15, -0.1) is 0 Å². The van der Waals surface area contributed by atoms with E-state index in [4.69, 9.17) is 0 Å². The van der Waals surface area contributed by atoms with E-state index in [1.165, 1.54) is 12.8 Å². The average molecular weight is 223 g/mol. The molecule has 0 saturated heterocycles. The lowest BCUT2D eigenvalue weighted by atomic mass is 9.77. The number of rotatable bonds is 2. The molecular formula is C14H25NO. The highest BCUT2D eigenvalue weighted by Gasteiger charge is 2.62. The highest BCUT2D eigenvalue weighted by atomic mass is 16.2. The van der Waals surface area contributed by atoms with Crippen LogP contribution in [-0.4, -0.2) is 24.9 Å². The van der Waals surface area contributed by atoms with Gasteiger partial charge in [0.1, 0.15) is 0 Å². The van der Waals surface area contributed by atoms with E-state index in [2.05, 4.69) is 20.8 Å². The Morgan fingerprint density at radius 3 is 2.31 bits per heavy atom. The molecule has 0 spiro atoms. The normalized spacial score (nSPS) is 41.8. The molecule has 0 aliphatic heterocycles. The second kappa shape index (κ2) is 4.05. The second-order valence-corrected chi connectivity index (χ2v) is 6.38. The first-order valence-corrected chi connectivity index (χ1v) is 6.66. The zero-order valence-corrected chi connectivity index (χ0v) is 11.2. The molecule has 0 bridgehead atoms. The van der Waals surface area contributed by atoms with Crippen LogP contribution in [0.15, 0.2) is 0 Å². The topological polar surface area (TPSA) is 20.3 Å². The molecule has 2 rings (SSSR count). The third kappa shape index (κ3) is 1.76. The van der Waals surface area contributed by atoms with Gasteiger partial charge in [0.25, 0.3) is 0 Å². The lowest BCUT2D eigenvalue weighted by Gasteiger charge is -2.28. The molecule has 2 aliphatic rings. The summed E-state index contributed by atoms with van der Waals surface area (Å²) < 4.78 is 0. The summed E-state index contributed by atoms with van der Waals surface area (Å²) in [4.78, 5) is 13.9. The first-order valence-electron chi connectivity index (χ1n) is 6.66. The number of carbonyl (C=O) groups excluding carboxylic acids is 1. The molecule has 0 unspecified atom stereocenters. The number of nitrogens with zero attached hydrogens (tertiary/aromatic N) is 1. The first-order chi connectivity index (χ1) is 7.45. The highest BCUT2D eigenvalue weighted by molar-refractivity contribution is 5.82. The van der Waals surface area contributed by atoms with Crippen LogP contribution in [0.4, 0.5) is 0 Å². The highest BCUT2D eigenvalue weighted by Crippen LogP contribution is 2.62. The van der Waals surface area contributed by atoms with Crippen LogP contribution in [-0.2, 0) is 4.79 Å². The molecule has 1 amide bonds. The average Bonchev–Trinajstić information content (AvgIpc) is 2.92. The minimum absolute atomic E-state index is 0.347. The summed E-state index contributed by atoms with van der Waals surface area (Å²) in [5.41, 5.74) is 0. The molecule has 16 heavy (non-hydrogen) atoms. The standard InChI is InChI=1S/C14H25NO/c1-8(2)10-7-6-9(3)11-12(10)13(11)14(16)15(4)5/h8-13H,6-7H2,1-5H3/t9-,10+,11-,12+,13+/m1/s1. The van der Waals surface area contributed by atoms with Gasteiger partial charge in [0.2, 0.25) is 5.91 Å². The Labute approximate surface area is 99.4 Å². The molecule has 0 radical (unpaired) electrons. The van der Waals surface area contributed by atoms with Crippen molar-refractivity contribution in [2.75, 3.05) is 14.1 Å². The van der Waals surface area contributed by atoms with Gasteiger partial charge >= 0.3 is 0 Å². The van der Waals surface area contributed by atoms with Crippen molar-refractivity contribution >= 4 is 5.91 Å². The van der Waals surface area contributed by atoms with Crippen molar-refractivity contribution in [3.63, 3.8) is 0 Å². The van der Waals surface area contributed by atoms with Crippen LogP contribution < -0.4 is 0 Å².